The average Bonchev–Trinajstić information content (AvgIpc) is 3.30. The van der Waals surface area contributed by atoms with Crippen LogP contribution in [0.1, 0.15) is 38.5 Å². The van der Waals surface area contributed by atoms with Gasteiger partial charge in [0.25, 0.3) is 0 Å². The van der Waals surface area contributed by atoms with E-state index in [0.29, 0.717) is 21.8 Å². The van der Waals surface area contributed by atoms with E-state index in [1.807, 2.05) is 0 Å². The van der Waals surface area contributed by atoms with Crippen LogP contribution in [0.15, 0.2) is 18.2 Å². The highest BCUT2D eigenvalue weighted by atomic mass is 35.5. The van der Waals surface area contributed by atoms with E-state index in [9.17, 15) is 9.59 Å². The summed E-state index contributed by atoms with van der Waals surface area (Å²) in [5, 5.41) is 6.83. The fourth-order valence-electron chi connectivity index (χ4n) is 3.16. The Bertz CT molecular complexity index is 596. The highest BCUT2D eigenvalue weighted by Crippen LogP contribution is 2.33. The largest absolute Gasteiger partial charge is 0.353 e. The molecule has 4 nitrogen and oxygen atoms in total. The van der Waals surface area contributed by atoms with Crippen LogP contribution in [-0.4, -0.2) is 17.9 Å². The van der Waals surface area contributed by atoms with Gasteiger partial charge in [-0.1, -0.05) is 36.0 Å². The summed E-state index contributed by atoms with van der Waals surface area (Å²) in [7, 11) is 0. The molecule has 1 aromatic rings. The van der Waals surface area contributed by atoms with Crippen LogP contribution < -0.4 is 10.6 Å². The van der Waals surface area contributed by atoms with Gasteiger partial charge in [-0.3, -0.25) is 9.59 Å². The predicted molar refractivity (Wildman–Crippen MR) is 91.7 cm³/mol. The number of halogens is 2. The normalized spacial score (nSPS) is 24.1. The lowest BCUT2D eigenvalue weighted by molar-refractivity contribution is -0.134. The molecule has 2 saturated carbocycles. The molecular weight excluding hydrogens is 335 g/mol. The van der Waals surface area contributed by atoms with E-state index >= 15 is 0 Å². The van der Waals surface area contributed by atoms with Crippen LogP contribution in [0, 0.1) is 11.8 Å². The molecule has 0 radical (unpaired) electrons. The fourth-order valence-corrected chi connectivity index (χ4v) is 3.68. The summed E-state index contributed by atoms with van der Waals surface area (Å²) in [6, 6.07) is 5.26. The number of amides is 2. The number of benzene rings is 1. The molecule has 2 aliphatic rings. The van der Waals surface area contributed by atoms with E-state index in [0.717, 1.165) is 38.5 Å². The van der Waals surface area contributed by atoms with Crippen molar-refractivity contribution in [3.63, 3.8) is 0 Å². The van der Waals surface area contributed by atoms with Gasteiger partial charge in [0.1, 0.15) is 0 Å². The Kier molecular flexibility index (Phi) is 5.12. The number of rotatable bonds is 4. The maximum atomic E-state index is 12.6. The highest BCUT2D eigenvalue weighted by molar-refractivity contribution is 6.35. The van der Waals surface area contributed by atoms with Crippen molar-refractivity contribution in [2.24, 2.45) is 11.8 Å². The second-order valence-corrected chi connectivity index (χ2v) is 7.30. The van der Waals surface area contributed by atoms with Crippen LogP contribution in [0.4, 0.5) is 5.69 Å². The zero-order valence-corrected chi connectivity index (χ0v) is 14.3. The van der Waals surface area contributed by atoms with Crippen molar-refractivity contribution in [1.29, 1.82) is 0 Å². The molecule has 0 bridgehead atoms. The Balaban J connectivity index is 1.68. The number of carbonyl (C=O) groups excluding carboxylic acids is 2. The number of anilines is 1. The Hall–Kier alpha value is -1.26. The molecular formula is C17H20Cl2N2O2. The van der Waals surface area contributed by atoms with E-state index in [1.165, 1.54) is 0 Å². The third kappa shape index (κ3) is 4.39. The van der Waals surface area contributed by atoms with E-state index in [-0.39, 0.29) is 23.7 Å². The first kappa shape index (κ1) is 16.6. The van der Waals surface area contributed by atoms with E-state index in [2.05, 4.69) is 10.6 Å². The summed E-state index contributed by atoms with van der Waals surface area (Å²) in [5.74, 6) is -0.630. The highest BCUT2D eigenvalue weighted by Gasteiger charge is 2.37. The fraction of sp³-hybridized carbons (Fsp3) is 0.529. The molecule has 3 rings (SSSR count). The minimum atomic E-state index is -0.291. The first-order valence-electron chi connectivity index (χ1n) is 8.10. The molecule has 0 heterocycles. The van der Waals surface area contributed by atoms with Crippen molar-refractivity contribution >= 4 is 40.7 Å². The monoisotopic (exact) mass is 354 g/mol. The smallest absolute Gasteiger partial charge is 0.228 e. The van der Waals surface area contributed by atoms with Crippen molar-refractivity contribution in [2.45, 2.75) is 44.6 Å². The quantitative estimate of drug-likeness (QED) is 0.857. The number of nitrogens with one attached hydrogen (secondary N) is 2. The van der Waals surface area contributed by atoms with Gasteiger partial charge in [-0.15, -0.1) is 0 Å². The number of carbonyl (C=O) groups is 2. The van der Waals surface area contributed by atoms with Crippen molar-refractivity contribution in [2.75, 3.05) is 5.32 Å². The molecule has 0 aromatic heterocycles. The first-order chi connectivity index (χ1) is 11.0. The summed E-state index contributed by atoms with van der Waals surface area (Å²) in [5.41, 5.74) is 0.569. The molecule has 0 saturated heterocycles. The molecule has 124 valence electrons. The molecule has 2 atom stereocenters. The van der Waals surface area contributed by atoms with Gasteiger partial charge >= 0.3 is 0 Å². The molecule has 0 spiro atoms. The van der Waals surface area contributed by atoms with Gasteiger partial charge in [-0.2, -0.15) is 0 Å². The van der Waals surface area contributed by atoms with Gasteiger partial charge in [0, 0.05) is 33.6 Å². The number of hydrogen-bond donors (Lipinski definition) is 2. The van der Waals surface area contributed by atoms with Gasteiger partial charge in [0.05, 0.1) is 0 Å². The van der Waals surface area contributed by atoms with Crippen LogP contribution in [-0.2, 0) is 9.59 Å². The Morgan fingerprint density at radius 1 is 0.870 bits per heavy atom. The summed E-state index contributed by atoms with van der Waals surface area (Å²) in [6.45, 7) is 0. The second kappa shape index (κ2) is 7.10. The van der Waals surface area contributed by atoms with E-state index in [4.69, 9.17) is 23.2 Å². The molecule has 0 aliphatic heterocycles. The molecule has 1 aromatic carbocycles. The lowest BCUT2D eigenvalue weighted by atomic mass is 9.78. The zero-order valence-electron chi connectivity index (χ0n) is 12.8. The molecule has 2 fully saturated rings. The summed E-state index contributed by atoms with van der Waals surface area (Å²) < 4.78 is 0. The van der Waals surface area contributed by atoms with E-state index < -0.39 is 0 Å². The second-order valence-electron chi connectivity index (χ2n) is 6.43. The third-order valence-corrected chi connectivity index (χ3v) is 4.93. The minimum Gasteiger partial charge on any atom is -0.353 e. The molecule has 2 amide bonds. The molecule has 2 aliphatic carbocycles. The molecule has 6 heteroatoms. The molecule has 2 N–H and O–H groups in total. The SMILES string of the molecule is O=C(Nc1cc(Cl)cc(Cl)c1)[C@H]1CCCC[C@H]1C(=O)NC1CC1. The van der Waals surface area contributed by atoms with Gasteiger partial charge in [0.15, 0.2) is 0 Å². The van der Waals surface area contributed by atoms with Crippen LogP contribution in [0.5, 0.6) is 0 Å². The van der Waals surface area contributed by atoms with Crippen LogP contribution in [0.3, 0.4) is 0 Å². The Morgan fingerprint density at radius 2 is 1.43 bits per heavy atom. The van der Waals surface area contributed by atoms with E-state index in [1.54, 1.807) is 18.2 Å². The molecule has 23 heavy (non-hydrogen) atoms. The lowest BCUT2D eigenvalue weighted by Gasteiger charge is -2.29. The van der Waals surface area contributed by atoms with Gasteiger partial charge < -0.3 is 10.6 Å². The maximum absolute atomic E-state index is 12.6. The molecule has 0 unspecified atom stereocenters. The van der Waals surface area contributed by atoms with Crippen molar-refractivity contribution in [3.8, 4) is 0 Å². The van der Waals surface area contributed by atoms with Crippen molar-refractivity contribution in [3.05, 3.63) is 28.2 Å². The Labute approximate surface area is 145 Å². The van der Waals surface area contributed by atoms with Gasteiger partial charge in [0.2, 0.25) is 11.8 Å². The predicted octanol–water partition coefficient (Wildman–Crippen LogP) is 4.02. The van der Waals surface area contributed by atoms with Gasteiger partial charge in [-0.25, -0.2) is 0 Å². The van der Waals surface area contributed by atoms with Gasteiger partial charge in [-0.05, 0) is 43.9 Å². The van der Waals surface area contributed by atoms with Crippen molar-refractivity contribution < 1.29 is 9.59 Å². The maximum Gasteiger partial charge on any atom is 0.228 e. The van der Waals surface area contributed by atoms with Crippen LogP contribution >= 0.6 is 23.2 Å². The first-order valence-corrected chi connectivity index (χ1v) is 8.86. The Morgan fingerprint density at radius 3 is 2.00 bits per heavy atom. The van der Waals surface area contributed by atoms with Crippen molar-refractivity contribution in [1.82, 2.24) is 5.32 Å². The lowest BCUT2D eigenvalue weighted by Crippen LogP contribution is -2.42. The van der Waals surface area contributed by atoms with Crippen LogP contribution in [0.2, 0.25) is 10.0 Å². The summed E-state index contributed by atoms with van der Waals surface area (Å²) in [4.78, 5) is 25.0. The topological polar surface area (TPSA) is 58.2 Å². The average molecular weight is 355 g/mol. The minimum absolute atomic E-state index is 0.0245. The standard InChI is InChI=1S/C17H20Cl2N2O2/c18-10-7-11(19)9-13(8-10)21-17(23)15-4-2-1-3-14(15)16(22)20-12-5-6-12/h7-9,12,14-15H,1-6H2,(H,20,22)(H,21,23)/t14-,15+/m1/s1. The summed E-state index contributed by atoms with van der Waals surface area (Å²) in [6.07, 6.45) is 5.58. The number of hydrogen-bond acceptors (Lipinski definition) is 2. The summed E-state index contributed by atoms with van der Waals surface area (Å²) >= 11 is 11.9. The zero-order chi connectivity index (χ0) is 16.4. The van der Waals surface area contributed by atoms with Crippen LogP contribution in [0.25, 0.3) is 0 Å². The third-order valence-electron chi connectivity index (χ3n) is 4.49.